The van der Waals surface area contributed by atoms with Gasteiger partial charge in [0.05, 0.1) is 22.0 Å². The van der Waals surface area contributed by atoms with Crippen LogP contribution in [0, 0.1) is 0 Å². The van der Waals surface area contributed by atoms with Gasteiger partial charge in [-0.2, -0.15) is 18.3 Å². The Hall–Kier alpha value is -3.58. The van der Waals surface area contributed by atoms with Crippen LogP contribution in [0.3, 0.4) is 0 Å². The van der Waals surface area contributed by atoms with Crippen molar-refractivity contribution in [2.24, 2.45) is 0 Å². The van der Waals surface area contributed by atoms with Crippen molar-refractivity contribution in [2.45, 2.75) is 6.18 Å². The average molecular weight is 442 g/mol. The normalized spacial score (nSPS) is 11.4. The van der Waals surface area contributed by atoms with E-state index in [4.69, 9.17) is 11.6 Å². The molecular formula is C23H15ClF3N3O. The van der Waals surface area contributed by atoms with Gasteiger partial charge in [-0.1, -0.05) is 60.1 Å². The van der Waals surface area contributed by atoms with Crippen LogP contribution >= 0.6 is 11.6 Å². The van der Waals surface area contributed by atoms with Crippen LogP contribution in [0.2, 0.25) is 5.02 Å². The van der Waals surface area contributed by atoms with Crippen molar-refractivity contribution >= 4 is 23.3 Å². The van der Waals surface area contributed by atoms with Gasteiger partial charge >= 0.3 is 6.18 Å². The highest BCUT2D eigenvalue weighted by Crippen LogP contribution is 2.31. The van der Waals surface area contributed by atoms with Gasteiger partial charge < -0.3 is 5.32 Å². The van der Waals surface area contributed by atoms with E-state index < -0.39 is 17.6 Å². The van der Waals surface area contributed by atoms with Gasteiger partial charge in [-0.3, -0.25) is 4.79 Å². The third-order valence-corrected chi connectivity index (χ3v) is 4.87. The van der Waals surface area contributed by atoms with Gasteiger partial charge in [0, 0.05) is 17.2 Å². The molecule has 0 saturated heterocycles. The minimum absolute atomic E-state index is 0.122. The Morgan fingerprint density at radius 2 is 1.61 bits per heavy atom. The maximum atomic E-state index is 13.0. The quantitative estimate of drug-likeness (QED) is 0.395. The second kappa shape index (κ2) is 8.28. The number of hydrogen-bond donors (Lipinski definition) is 1. The molecule has 0 unspecified atom stereocenters. The summed E-state index contributed by atoms with van der Waals surface area (Å²) < 4.78 is 40.5. The van der Waals surface area contributed by atoms with Crippen molar-refractivity contribution < 1.29 is 18.0 Å². The molecule has 1 aromatic heterocycles. The van der Waals surface area contributed by atoms with E-state index in [0.717, 1.165) is 17.7 Å². The first-order valence-corrected chi connectivity index (χ1v) is 9.60. The molecule has 0 atom stereocenters. The molecular weight excluding hydrogens is 427 g/mol. The van der Waals surface area contributed by atoms with E-state index in [1.54, 1.807) is 30.3 Å². The fraction of sp³-hybridized carbons (Fsp3) is 0.0435. The zero-order valence-corrected chi connectivity index (χ0v) is 16.7. The Morgan fingerprint density at radius 1 is 0.903 bits per heavy atom. The Labute approximate surface area is 180 Å². The van der Waals surface area contributed by atoms with Crippen LogP contribution < -0.4 is 5.32 Å². The summed E-state index contributed by atoms with van der Waals surface area (Å²) in [4.78, 5) is 12.8. The number of amides is 1. The molecule has 4 nitrogen and oxygen atoms in total. The summed E-state index contributed by atoms with van der Waals surface area (Å²) in [6.07, 6.45) is -4.55. The number of benzene rings is 3. The van der Waals surface area contributed by atoms with Crippen LogP contribution in [0.25, 0.3) is 16.9 Å². The lowest BCUT2D eigenvalue weighted by Crippen LogP contribution is -2.16. The van der Waals surface area contributed by atoms with Crippen molar-refractivity contribution in [3.8, 4) is 16.9 Å². The van der Waals surface area contributed by atoms with E-state index >= 15 is 0 Å². The van der Waals surface area contributed by atoms with Gasteiger partial charge in [0.1, 0.15) is 5.82 Å². The molecule has 3 aromatic carbocycles. The number of halogens is 4. The fourth-order valence-corrected chi connectivity index (χ4v) is 3.27. The molecule has 0 aliphatic carbocycles. The van der Waals surface area contributed by atoms with E-state index in [2.05, 4.69) is 10.4 Å². The summed E-state index contributed by atoms with van der Waals surface area (Å²) in [6.45, 7) is 0. The van der Waals surface area contributed by atoms with Crippen molar-refractivity contribution in [1.82, 2.24) is 9.78 Å². The van der Waals surface area contributed by atoms with Crippen molar-refractivity contribution in [3.05, 3.63) is 101 Å². The average Bonchev–Trinajstić information content (AvgIpc) is 3.17. The molecule has 156 valence electrons. The fourth-order valence-electron chi connectivity index (χ4n) is 3.05. The molecule has 0 aliphatic rings. The molecule has 1 amide bonds. The third kappa shape index (κ3) is 4.46. The second-order valence-corrected chi connectivity index (χ2v) is 7.08. The molecule has 1 N–H and O–H groups in total. The highest BCUT2D eigenvalue weighted by molar-refractivity contribution is 6.32. The van der Waals surface area contributed by atoms with E-state index in [0.29, 0.717) is 16.4 Å². The molecule has 0 spiro atoms. The summed E-state index contributed by atoms with van der Waals surface area (Å²) in [7, 11) is 0. The highest BCUT2D eigenvalue weighted by atomic mass is 35.5. The Bertz CT molecular complexity index is 1240. The smallest absolute Gasteiger partial charge is 0.306 e. The zero-order valence-electron chi connectivity index (χ0n) is 15.9. The number of hydrogen-bond acceptors (Lipinski definition) is 2. The second-order valence-electron chi connectivity index (χ2n) is 6.68. The molecule has 0 radical (unpaired) electrons. The topological polar surface area (TPSA) is 46.9 Å². The van der Waals surface area contributed by atoms with Crippen LogP contribution in [-0.2, 0) is 6.18 Å². The van der Waals surface area contributed by atoms with E-state index in [9.17, 15) is 18.0 Å². The first-order chi connectivity index (χ1) is 14.8. The predicted molar refractivity (Wildman–Crippen MR) is 113 cm³/mol. The Kier molecular flexibility index (Phi) is 5.52. The summed E-state index contributed by atoms with van der Waals surface area (Å²) in [6, 6.07) is 22.1. The monoisotopic (exact) mass is 441 g/mol. The largest absolute Gasteiger partial charge is 0.416 e. The van der Waals surface area contributed by atoms with Gasteiger partial charge in [-0.25, -0.2) is 4.68 Å². The minimum atomic E-state index is -4.55. The van der Waals surface area contributed by atoms with E-state index in [1.807, 2.05) is 30.3 Å². The molecule has 0 fully saturated rings. The zero-order chi connectivity index (χ0) is 22.0. The maximum Gasteiger partial charge on any atom is 0.416 e. The maximum absolute atomic E-state index is 13.0. The Balaban J connectivity index is 1.75. The predicted octanol–water partition coefficient (Wildman–Crippen LogP) is 6.46. The standard InChI is InChI=1S/C23H15ClF3N3O/c24-18-11-4-5-12-20(18)30-21(14-19(29-30)15-7-2-1-3-8-15)28-22(31)16-9-6-10-17(13-16)23(25,26)27/h1-14H,(H,28,31). The van der Waals surface area contributed by atoms with E-state index in [-0.39, 0.29) is 11.4 Å². The lowest BCUT2D eigenvalue weighted by atomic mass is 10.1. The summed E-state index contributed by atoms with van der Waals surface area (Å²) in [5.74, 6) is -0.423. The van der Waals surface area contributed by atoms with Crippen molar-refractivity contribution in [1.29, 1.82) is 0 Å². The Morgan fingerprint density at radius 3 is 2.32 bits per heavy atom. The molecule has 0 saturated carbocycles. The van der Waals surface area contributed by atoms with Crippen LogP contribution in [0.15, 0.2) is 84.9 Å². The van der Waals surface area contributed by atoms with Gasteiger partial charge in [0.15, 0.2) is 0 Å². The summed E-state index contributed by atoms with van der Waals surface area (Å²) in [5, 5.41) is 7.61. The third-order valence-electron chi connectivity index (χ3n) is 4.55. The number of alkyl halides is 3. The molecule has 31 heavy (non-hydrogen) atoms. The summed E-state index contributed by atoms with van der Waals surface area (Å²) >= 11 is 6.31. The summed E-state index contributed by atoms with van der Waals surface area (Å²) in [5.41, 5.74) is 0.876. The minimum Gasteiger partial charge on any atom is -0.306 e. The molecule has 1 heterocycles. The lowest BCUT2D eigenvalue weighted by Gasteiger charge is -2.11. The van der Waals surface area contributed by atoms with Crippen LogP contribution in [-0.4, -0.2) is 15.7 Å². The molecule has 8 heteroatoms. The van der Waals surface area contributed by atoms with Crippen molar-refractivity contribution in [2.75, 3.05) is 5.32 Å². The molecule has 0 bridgehead atoms. The molecule has 0 aliphatic heterocycles. The van der Waals surface area contributed by atoms with Gasteiger partial charge in [0.25, 0.3) is 5.91 Å². The van der Waals surface area contributed by atoms with Crippen LogP contribution in [0.5, 0.6) is 0 Å². The first-order valence-electron chi connectivity index (χ1n) is 9.22. The number of para-hydroxylation sites is 1. The highest BCUT2D eigenvalue weighted by Gasteiger charge is 2.31. The van der Waals surface area contributed by atoms with Crippen LogP contribution in [0.1, 0.15) is 15.9 Å². The SMILES string of the molecule is O=C(Nc1cc(-c2ccccc2)nn1-c1ccccc1Cl)c1cccc(C(F)(F)F)c1. The number of nitrogens with zero attached hydrogens (tertiary/aromatic N) is 2. The molecule has 4 aromatic rings. The number of anilines is 1. The number of carbonyl (C=O) groups excluding carboxylic acids is 1. The number of nitrogens with one attached hydrogen (secondary N) is 1. The van der Waals surface area contributed by atoms with Gasteiger partial charge in [-0.05, 0) is 30.3 Å². The number of aromatic nitrogens is 2. The number of carbonyl (C=O) groups is 1. The first kappa shape index (κ1) is 20.7. The number of rotatable bonds is 4. The van der Waals surface area contributed by atoms with Gasteiger partial charge in [0.2, 0.25) is 0 Å². The van der Waals surface area contributed by atoms with E-state index in [1.165, 1.54) is 16.8 Å². The van der Waals surface area contributed by atoms with Gasteiger partial charge in [-0.15, -0.1) is 0 Å². The van der Waals surface area contributed by atoms with Crippen LogP contribution in [0.4, 0.5) is 19.0 Å². The molecule has 4 rings (SSSR count). The lowest BCUT2D eigenvalue weighted by molar-refractivity contribution is -0.137. The van der Waals surface area contributed by atoms with Crippen molar-refractivity contribution in [3.63, 3.8) is 0 Å².